The number of thiazole rings is 1. The molecule has 2 heterocycles. The lowest BCUT2D eigenvalue weighted by atomic mass is 9.92. The molecular formula is C19H24FN3O2S2. The van der Waals surface area contributed by atoms with Crippen molar-refractivity contribution in [3.63, 3.8) is 0 Å². The molecule has 0 aliphatic carbocycles. The fourth-order valence-corrected chi connectivity index (χ4v) is 5.30. The highest BCUT2D eigenvalue weighted by molar-refractivity contribution is 8.00. The number of carbonyl (C=O) groups is 2. The Hall–Kier alpha value is -1.67. The van der Waals surface area contributed by atoms with Gasteiger partial charge >= 0.3 is 0 Å². The molecule has 8 heteroatoms. The Morgan fingerprint density at radius 2 is 1.96 bits per heavy atom. The standard InChI is InChI=1S/C19H24FN3O2S2/c1-12-6-13(2)9-23(8-12)18(25)11-26-10-17(24)21-19-22(3)15-5-4-14(20)7-16(15)27-19/h4-5,7,12-13H,6,8-11H2,1-3H3. The fourth-order valence-electron chi connectivity index (χ4n) is 3.54. The van der Waals surface area contributed by atoms with Gasteiger partial charge in [-0.1, -0.05) is 25.2 Å². The summed E-state index contributed by atoms with van der Waals surface area (Å²) in [7, 11) is 1.80. The first-order chi connectivity index (χ1) is 12.8. The van der Waals surface area contributed by atoms with Crippen LogP contribution in [0.25, 0.3) is 10.2 Å². The van der Waals surface area contributed by atoms with Crippen LogP contribution < -0.4 is 4.80 Å². The smallest absolute Gasteiger partial charge is 0.258 e. The average Bonchev–Trinajstić information content (AvgIpc) is 2.88. The predicted octanol–water partition coefficient (Wildman–Crippen LogP) is 3.04. The fraction of sp³-hybridized carbons (Fsp3) is 0.526. The summed E-state index contributed by atoms with van der Waals surface area (Å²) in [5.41, 5.74) is 0.837. The number of halogens is 1. The third-order valence-electron chi connectivity index (χ3n) is 4.66. The van der Waals surface area contributed by atoms with Crippen molar-refractivity contribution in [3.8, 4) is 0 Å². The number of carbonyl (C=O) groups excluding carboxylic acids is 2. The van der Waals surface area contributed by atoms with Crippen LogP contribution >= 0.6 is 23.1 Å². The maximum absolute atomic E-state index is 13.3. The van der Waals surface area contributed by atoms with Crippen LogP contribution in [0.2, 0.25) is 0 Å². The van der Waals surface area contributed by atoms with Gasteiger partial charge in [-0.05, 0) is 36.5 Å². The van der Waals surface area contributed by atoms with Crippen LogP contribution in [0.4, 0.5) is 4.39 Å². The lowest BCUT2D eigenvalue weighted by molar-refractivity contribution is -0.130. The zero-order valence-corrected chi connectivity index (χ0v) is 17.4. The van der Waals surface area contributed by atoms with Crippen LogP contribution in [-0.2, 0) is 16.6 Å². The second-order valence-electron chi connectivity index (χ2n) is 7.30. The summed E-state index contributed by atoms with van der Waals surface area (Å²) in [5.74, 6) is 1.01. The molecular weight excluding hydrogens is 385 g/mol. The van der Waals surface area contributed by atoms with Crippen molar-refractivity contribution in [1.82, 2.24) is 9.47 Å². The lowest BCUT2D eigenvalue weighted by Crippen LogP contribution is -2.43. The molecule has 0 radical (unpaired) electrons. The Morgan fingerprint density at radius 1 is 1.26 bits per heavy atom. The first kappa shape index (κ1) is 20.1. The molecule has 0 spiro atoms. The molecule has 2 unspecified atom stereocenters. The number of benzene rings is 1. The lowest BCUT2D eigenvalue weighted by Gasteiger charge is -2.35. The van der Waals surface area contributed by atoms with Crippen LogP contribution in [0.15, 0.2) is 23.2 Å². The molecule has 1 aromatic carbocycles. The van der Waals surface area contributed by atoms with E-state index in [9.17, 15) is 14.0 Å². The first-order valence-corrected chi connectivity index (χ1v) is 11.0. The van der Waals surface area contributed by atoms with Gasteiger partial charge in [0.15, 0.2) is 4.80 Å². The average molecular weight is 410 g/mol. The summed E-state index contributed by atoms with van der Waals surface area (Å²) < 4.78 is 15.9. The zero-order chi connectivity index (χ0) is 19.6. The van der Waals surface area contributed by atoms with Crippen molar-refractivity contribution in [2.45, 2.75) is 20.3 Å². The molecule has 3 rings (SSSR count). The first-order valence-electron chi connectivity index (χ1n) is 9.01. The van der Waals surface area contributed by atoms with E-state index in [4.69, 9.17) is 0 Å². The van der Waals surface area contributed by atoms with Gasteiger partial charge in [0.1, 0.15) is 5.82 Å². The van der Waals surface area contributed by atoms with Crippen molar-refractivity contribution in [3.05, 3.63) is 28.8 Å². The number of thioether (sulfide) groups is 1. The second kappa shape index (κ2) is 8.56. The number of amides is 2. The Labute approximate surface area is 166 Å². The molecule has 1 aliphatic heterocycles. The third-order valence-corrected chi connectivity index (χ3v) is 6.66. The molecule has 27 heavy (non-hydrogen) atoms. The number of rotatable bonds is 4. The molecule has 2 aromatic rings. The van der Waals surface area contributed by atoms with Gasteiger partial charge in [-0.3, -0.25) is 9.59 Å². The molecule has 146 valence electrons. The molecule has 2 amide bonds. The monoisotopic (exact) mass is 409 g/mol. The topological polar surface area (TPSA) is 54.7 Å². The molecule has 0 bridgehead atoms. The Bertz CT molecular complexity index is 911. The highest BCUT2D eigenvalue weighted by atomic mass is 32.2. The Morgan fingerprint density at radius 3 is 2.67 bits per heavy atom. The quantitative estimate of drug-likeness (QED) is 0.780. The molecule has 5 nitrogen and oxygen atoms in total. The van der Waals surface area contributed by atoms with Gasteiger partial charge < -0.3 is 9.47 Å². The number of nitrogens with zero attached hydrogens (tertiary/aromatic N) is 3. The Kier molecular flexibility index (Phi) is 6.37. The van der Waals surface area contributed by atoms with Gasteiger partial charge in [-0.25, -0.2) is 4.39 Å². The van der Waals surface area contributed by atoms with Crippen LogP contribution in [0.1, 0.15) is 20.3 Å². The van der Waals surface area contributed by atoms with Crippen LogP contribution in [0.5, 0.6) is 0 Å². The number of fused-ring (bicyclic) bond motifs is 1. The van der Waals surface area contributed by atoms with E-state index in [1.165, 1.54) is 35.2 Å². The van der Waals surface area contributed by atoms with E-state index in [0.717, 1.165) is 29.7 Å². The molecule has 1 fully saturated rings. The van der Waals surface area contributed by atoms with Gasteiger partial charge in [0.2, 0.25) is 5.91 Å². The maximum atomic E-state index is 13.3. The van der Waals surface area contributed by atoms with E-state index in [0.29, 0.717) is 22.4 Å². The molecule has 0 N–H and O–H groups in total. The highest BCUT2D eigenvalue weighted by Crippen LogP contribution is 2.21. The maximum Gasteiger partial charge on any atom is 0.258 e. The SMILES string of the molecule is CC1CC(C)CN(C(=O)CSCC(=O)N=c2sc3cc(F)ccc3n2C)C1. The van der Waals surface area contributed by atoms with Crippen molar-refractivity contribution in [2.24, 2.45) is 23.9 Å². The summed E-state index contributed by atoms with van der Waals surface area (Å²) >= 11 is 2.58. The molecule has 1 aromatic heterocycles. The van der Waals surface area contributed by atoms with Gasteiger partial charge in [-0.2, -0.15) is 4.99 Å². The summed E-state index contributed by atoms with van der Waals surface area (Å²) in [4.78, 5) is 31.1. The summed E-state index contributed by atoms with van der Waals surface area (Å²) in [6, 6.07) is 4.51. The van der Waals surface area contributed by atoms with Crippen LogP contribution in [0.3, 0.4) is 0 Å². The normalized spacial score (nSPS) is 21.0. The number of likely N-dealkylation sites (tertiary alicyclic amines) is 1. The van der Waals surface area contributed by atoms with E-state index in [2.05, 4.69) is 18.8 Å². The number of hydrogen-bond acceptors (Lipinski definition) is 4. The van der Waals surface area contributed by atoms with Crippen molar-refractivity contribution < 1.29 is 14.0 Å². The predicted molar refractivity (Wildman–Crippen MR) is 108 cm³/mol. The van der Waals surface area contributed by atoms with Gasteiger partial charge in [0.05, 0.1) is 21.7 Å². The minimum absolute atomic E-state index is 0.0918. The number of aromatic nitrogens is 1. The van der Waals surface area contributed by atoms with E-state index in [1.54, 1.807) is 17.7 Å². The van der Waals surface area contributed by atoms with E-state index >= 15 is 0 Å². The van der Waals surface area contributed by atoms with Crippen LogP contribution in [0, 0.1) is 17.7 Å². The van der Waals surface area contributed by atoms with Crippen molar-refractivity contribution in [2.75, 3.05) is 24.6 Å². The minimum atomic E-state index is -0.308. The number of piperidine rings is 1. The number of hydrogen-bond donors (Lipinski definition) is 0. The molecule has 1 saturated heterocycles. The molecule has 1 aliphatic rings. The second-order valence-corrected chi connectivity index (χ2v) is 9.29. The number of aryl methyl sites for hydroxylation is 1. The summed E-state index contributed by atoms with van der Waals surface area (Å²) in [6.07, 6.45) is 1.16. The minimum Gasteiger partial charge on any atom is -0.341 e. The van der Waals surface area contributed by atoms with Gasteiger partial charge in [-0.15, -0.1) is 11.8 Å². The van der Waals surface area contributed by atoms with Crippen molar-refractivity contribution in [1.29, 1.82) is 0 Å². The molecule has 2 atom stereocenters. The highest BCUT2D eigenvalue weighted by Gasteiger charge is 2.25. The van der Waals surface area contributed by atoms with E-state index in [1.807, 2.05) is 4.90 Å². The Balaban J connectivity index is 1.57. The largest absolute Gasteiger partial charge is 0.341 e. The van der Waals surface area contributed by atoms with Crippen LogP contribution in [-0.4, -0.2) is 45.9 Å². The molecule has 0 saturated carbocycles. The van der Waals surface area contributed by atoms with E-state index < -0.39 is 0 Å². The third kappa shape index (κ3) is 4.99. The zero-order valence-electron chi connectivity index (χ0n) is 15.8. The van der Waals surface area contributed by atoms with Gasteiger partial charge in [0.25, 0.3) is 5.91 Å². The summed E-state index contributed by atoms with van der Waals surface area (Å²) in [5, 5.41) is 0. The van der Waals surface area contributed by atoms with Crippen molar-refractivity contribution >= 4 is 45.1 Å². The van der Waals surface area contributed by atoms with Gasteiger partial charge in [0, 0.05) is 20.1 Å². The summed E-state index contributed by atoms with van der Waals surface area (Å²) in [6.45, 7) is 5.94. The van der Waals surface area contributed by atoms with E-state index in [-0.39, 0.29) is 23.4 Å².